The van der Waals surface area contributed by atoms with Crippen molar-refractivity contribution in [3.63, 3.8) is 0 Å². The first-order valence-corrected chi connectivity index (χ1v) is 8.10. The van der Waals surface area contributed by atoms with Crippen LogP contribution < -0.4 is 4.90 Å². The number of benzene rings is 1. The molecular formula is C18H22N4O2. The minimum atomic E-state index is -0.104. The Morgan fingerprint density at radius 2 is 1.92 bits per heavy atom. The van der Waals surface area contributed by atoms with Gasteiger partial charge in [0.05, 0.1) is 13.2 Å². The SMILES string of the molecule is Cc1ccc(CN(C)C(=O)c2ccnc(N3CCOCC3)n2)cc1. The topological polar surface area (TPSA) is 58.6 Å². The van der Waals surface area contributed by atoms with Gasteiger partial charge in [0.25, 0.3) is 5.91 Å². The van der Waals surface area contributed by atoms with Crippen LogP contribution in [0.1, 0.15) is 21.6 Å². The van der Waals surface area contributed by atoms with E-state index in [0.29, 0.717) is 31.4 Å². The van der Waals surface area contributed by atoms with Gasteiger partial charge in [0.15, 0.2) is 0 Å². The van der Waals surface area contributed by atoms with Crippen molar-refractivity contribution >= 4 is 11.9 Å². The molecule has 1 amide bonds. The Hall–Kier alpha value is -2.47. The molecule has 1 aliphatic heterocycles. The molecule has 0 aliphatic carbocycles. The van der Waals surface area contributed by atoms with Gasteiger partial charge in [0.2, 0.25) is 5.95 Å². The van der Waals surface area contributed by atoms with Gasteiger partial charge in [-0.1, -0.05) is 29.8 Å². The number of hydrogen-bond donors (Lipinski definition) is 0. The summed E-state index contributed by atoms with van der Waals surface area (Å²) < 4.78 is 5.34. The van der Waals surface area contributed by atoms with Crippen molar-refractivity contribution in [3.8, 4) is 0 Å². The first kappa shape index (κ1) is 16.4. The molecule has 1 fully saturated rings. The van der Waals surface area contributed by atoms with Crippen molar-refractivity contribution in [1.82, 2.24) is 14.9 Å². The minimum absolute atomic E-state index is 0.104. The minimum Gasteiger partial charge on any atom is -0.378 e. The number of rotatable bonds is 4. The molecule has 6 heteroatoms. The average molecular weight is 326 g/mol. The van der Waals surface area contributed by atoms with Crippen LogP contribution in [0.5, 0.6) is 0 Å². The van der Waals surface area contributed by atoms with Crippen LogP contribution in [0.3, 0.4) is 0 Å². The highest BCUT2D eigenvalue weighted by Gasteiger charge is 2.18. The molecular weight excluding hydrogens is 304 g/mol. The number of nitrogens with zero attached hydrogens (tertiary/aromatic N) is 4. The fourth-order valence-corrected chi connectivity index (χ4v) is 2.62. The maximum Gasteiger partial charge on any atom is 0.272 e. The van der Waals surface area contributed by atoms with Gasteiger partial charge in [0.1, 0.15) is 5.69 Å². The molecule has 24 heavy (non-hydrogen) atoms. The largest absolute Gasteiger partial charge is 0.378 e. The molecule has 6 nitrogen and oxygen atoms in total. The molecule has 1 aromatic heterocycles. The molecule has 0 unspecified atom stereocenters. The standard InChI is InChI=1S/C18H22N4O2/c1-14-3-5-15(6-4-14)13-21(2)17(23)16-7-8-19-18(20-16)22-9-11-24-12-10-22/h3-8H,9-13H2,1-2H3. The van der Waals surface area contributed by atoms with Crippen molar-refractivity contribution in [2.45, 2.75) is 13.5 Å². The number of ether oxygens (including phenoxy) is 1. The van der Waals surface area contributed by atoms with E-state index in [9.17, 15) is 4.79 Å². The Bertz CT molecular complexity index is 696. The smallest absolute Gasteiger partial charge is 0.272 e. The van der Waals surface area contributed by atoms with Gasteiger partial charge in [-0.3, -0.25) is 4.79 Å². The number of carbonyl (C=O) groups excluding carboxylic acids is 1. The Balaban J connectivity index is 1.70. The molecule has 0 atom stereocenters. The van der Waals surface area contributed by atoms with E-state index in [-0.39, 0.29) is 5.91 Å². The zero-order valence-electron chi connectivity index (χ0n) is 14.1. The predicted molar refractivity (Wildman–Crippen MR) is 92.0 cm³/mol. The molecule has 3 rings (SSSR count). The Morgan fingerprint density at radius 1 is 1.21 bits per heavy atom. The zero-order chi connectivity index (χ0) is 16.9. The van der Waals surface area contributed by atoms with Crippen LogP contribution in [-0.4, -0.2) is 54.1 Å². The summed E-state index contributed by atoms with van der Waals surface area (Å²) in [5, 5.41) is 0. The van der Waals surface area contributed by atoms with Crippen LogP contribution in [-0.2, 0) is 11.3 Å². The van der Waals surface area contributed by atoms with Crippen molar-refractivity contribution in [2.24, 2.45) is 0 Å². The van der Waals surface area contributed by atoms with Crippen LogP contribution in [0.15, 0.2) is 36.5 Å². The Kier molecular flexibility index (Phi) is 5.05. The normalized spacial score (nSPS) is 14.5. The third-order valence-electron chi connectivity index (χ3n) is 4.04. The third kappa shape index (κ3) is 3.89. The first-order chi connectivity index (χ1) is 11.6. The fraction of sp³-hybridized carbons (Fsp3) is 0.389. The van der Waals surface area contributed by atoms with Gasteiger partial charge in [-0.2, -0.15) is 0 Å². The van der Waals surface area contributed by atoms with Gasteiger partial charge >= 0.3 is 0 Å². The Labute approximate surface area is 142 Å². The summed E-state index contributed by atoms with van der Waals surface area (Å²) >= 11 is 0. The molecule has 0 N–H and O–H groups in total. The van der Waals surface area contributed by atoms with E-state index in [1.807, 2.05) is 24.0 Å². The highest BCUT2D eigenvalue weighted by Crippen LogP contribution is 2.12. The summed E-state index contributed by atoms with van der Waals surface area (Å²) in [6, 6.07) is 9.85. The van der Waals surface area contributed by atoms with Crippen LogP contribution in [0.2, 0.25) is 0 Å². The van der Waals surface area contributed by atoms with Gasteiger partial charge < -0.3 is 14.5 Å². The number of morpholine rings is 1. The van der Waals surface area contributed by atoms with Crippen LogP contribution in [0, 0.1) is 6.92 Å². The van der Waals surface area contributed by atoms with Crippen LogP contribution in [0.4, 0.5) is 5.95 Å². The number of carbonyl (C=O) groups is 1. The molecule has 1 aliphatic rings. The second-order valence-electron chi connectivity index (χ2n) is 5.99. The summed E-state index contributed by atoms with van der Waals surface area (Å²) in [6.07, 6.45) is 1.64. The third-order valence-corrected chi connectivity index (χ3v) is 4.04. The van der Waals surface area contributed by atoms with E-state index in [0.717, 1.165) is 18.7 Å². The molecule has 2 aromatic rings. The number of anilines is 1. The number of aryl methyl sites for hydroxylation is 1. The molecule has 0 radical (unpaired) electrons. The predicted octanol–water partition coefficient (Wildman–Crippen LogP) is 1.89. The average Bonchev–Trinajstić information content (AvgIpc) is 2.64. The van der Waals surface area contributed by atoms with Crippen LogP contribution >= 0.6 is 0 Å². The lowest BCUT2D eigenvalue weighted by Crippen LogP contribution is -2.37. The van der Waals surface area contributed by atoms with Crippen molar-refractivity contribution in [3.05, 3.63) is 53.3 Å². The van der Waals surface area contributed by atoms with E-state index < -0.39 is 0 Å². The molecule has 2 heterocycles. The summed E-state index contributed by atoms with van der Waals surface area (Å²) in [6.45, 7) is 5.42. The van der Waals surface area contributed by atoms with Gasteiger partial charge in [-0.05, 0) is 18.6 Å². The van der Waals surface area contributed by atoms with E-state index in [2.05, 4.69) is 22.1 Å². The van der Waals surface area contributed by atoms with Crippen molar-refractivity contribution < 1.29 is 9.53 Å². The number of aromatic nitrogens is 2. The van der Waals surface area contributed by atoms with Crippen molar-refractivity contribution in [2.75, 3.05) is 38.3 Å². The van der Waals surface area contributed by atoms with Gasteiger partial charge in [0, 0.05) is 32.9 Å². The lowest BCUT2D eigenvalue weighted by molar-refractivity contribution is 0.0779. The fourth-order valence-electron chi connectivity index (χ4n) is 2.62. The highest BCUT2D eigenvalue weighted by molar-refractivity contribution is 5.92. The molecule has 126 valence electrons. The number of hydrogen-bond acceptors (Lipinski definition) is 5. The zero-order valence-corrected chi connectivity index (χ0v) is 14.1. The second-order valence-corrected chi connectivity index (χ2v) is 5.99. The molecule has 1 saturated heterocycles. The van der Waals surface area contributed by atoms with E-state index >= 15 is 0 Å². The van der Waals surface area contributed by atoms with Crippen LogP contribution in [0.25, 0.3) is 0 Å². The monoisotopic (exact) mass is 326 g/mol. The van der Waals surface area contributed by atoms with Gasteiger partial charge in [-0.15, -0.1) is 0 Å². The highest BCUT2D eigenvalue weighted by atomic mass is 16.5. The molecule has 0 bridgehead atoms. The summed E-state index contributed by atoms with van der Waals surface area (Å²) in [5.74, 6) is 0.486. The van der Waals surface area contributed by atoms with E-state index in [1.165, 1.54) is 5.56 Å². The Morgan fingerprint density at radius 3 is 2.62 bits per heavy atom. The number of amides is 1. The lowest BCUT2D eigenvalue weighted by Gasteiger charge is -2.27. The van der Waals surface area contributed by atoms with Gasteiger partial charge in [-0.25, -0.2) is 9.97 Å². The maximum atomic E-state index is 12.6. The summed E-state index contributed by atoms with van der Waals surface area (Å²) in [7, 11) is 1.79. The van der Waals surface area contributed by atoms with E-state index in [4.69, 9.17) is 4.74 Å². The maximum absolute atomic E-state index is 12.6. The molecule has 0 saturated carbocycles. The second kappa shape index (κ2) is 7.40. The summed E-state index contributed by atoms with van der Waals surface area (Å²) in [4.78, 5) is 25.1. The molecule has 1 aromatic carbocycles. The summed E-state index contributed by atoms with van der Waals surface area (Å²) in [5.41, 5.74) is 2.72. The quantitative estimate of drug-likeness (QED) is 0.859. The molecule has 0 spiro atoms. The van der Waals surface area contributed by atoms with Crippen molar-refractivity contribution in [1.29, 1.82) is 0 Å². The first-order valence-electron chi connectivity index (χ1n) is 8.10. The van der Waals surface area contributed by atoms with E-state index in [1.54, 1.807) is 24.2 Å². The lowest BCUT2D eigenvalue weighted by atomic mass is 10.1.